The first-order valence-corrected chi connectivity index (χ1v) is 5.06. The highest BCUT2D eigenvalue weighted by atomic mass is 79.9. The summed E-state index contributed by atoms with van der Waals surface area (Å²) in [5, 5.41) is 4.23. The van der Waals surface area contributed by atoms with Gasteiger partial charge in [0.15, 0.2) is 0 Å². The van der Waals surface area contributed by atoms with Crippen molar-refractivity contribution in [1.29, 1.82) is 0 Å². The third-order valence-electron chi connectivity index (χ3n) is 2.04. The van der Waals surface area contributed by atoms with Gasteiger partial charge in [-0.15, -0.1) is 0 Å². The second-order valence-corrected chi connectivity index (χ2v) is 3.99. The lowest BCUT2D eigenvalue weighted by molar-refractivity contribution is 0.157. The van der Waals surface area contributed by atoms with E-state index in [4.69, 9.17) is 4.74 Å². The Balaban J connectivity index is 2.10. The largest absolute Gasteiger partial charge is 0.448 e. The first kappa shape index (κ1) is 9.51. The first-order chi connectivity index (χ1) is 6.66. The smallest absolute Gasteiger partial charge is 0.410 e. The van der Waals surface area contributed by atoms with Crippen LogP contribution in [0.3, 0.4) is 0 Å². The van der Waals surface area contributed by atoms with Crippen molar-refractivity contribution in [2.45, 2.75) is 6.54 Å². The summed E-state index contributed by atoms with van der Waals surface area (Å²) in [4.78, 5) is 12.8. The van der Waals surface area contributed by atoms with Crippen LogP contribution < -0.4 is 0 Å². The van der Waals surface area contributed by atoms with Gasteiger partial charge in [0, 0.05) is 13.2 Å². The molecular formula is C8H10BrN3O2. The second-order valence-electron chi connectivity index (χ2n) is 3.13. The van der Waals surface area contributed by atoms with Crippen LogP contribution in [0.1, 0.15) is 5.69 Å². The Morgan fingerprint density at radius 1 is 1.71 bits per heavy atom. The van der Waals surface area contributed by atoms with Crippen molar-refractivity contribution < 1.29 is 9.53 Å². The normalized spacial score (nSPS) is 16.1. The van der Waals surface area contributed by atoms with Gasteiger partial charge < -0.3 is 4.74 Å². The highest BCUT2D eigenvalue weighted by molar-refractivity contribution is 9.10. The predicted molar refractivity (Wildman–Crippen MR) is 52.7 cm³/mol. The van der Waals surface area contributed by atoms with Crippen LogP contribution in [0, 0.1) is 0 Å². The number of ether oxygens (including phenoxy) is 1. The van der Waals surface area contributed by atoms with Crippen LogP contribution >= 0.6 is 15.9 Å². The molecule has 1 aromatic heterocycles. The molecule has 6 heteroatoms. The lowest BCUT2D eigenvalue weighted by Crippen LogP contribution is -2.24. The lowest BCUT2D eigenvalue weighted by Gasteiger charge is -2.10. The Kier molecular flexibility index (Phi) is 2.45. The number of aryl methyl sites for hydroxylation is 1. The van der Waals surface area contributed by atoms with Crippen molar-refractivity contribution in [2.24, 2.45) is 7.05 Å². The van der Waals surface area contributed by atoms with Gasteiger partial charge in [0.2, 0.25) is 0 Å². The van der Waals surface area contributed by atoms with Gasteiger partial charge in [0.25, 0.3) is 0 Å². The van der Waals surface area contributed by atoms with E-state index in [1.807, 2.05) is 13.2 Å². The molecule has 5 nitrogen and oxygen atoms in total. The predicted octanol–water partition coefficient (Wildman–Crippen LogP) is 1.13. The highest BCUT2D eigenvalue weighted by Crippen LogP contribution is 2.17. The van der Waals surface area contributed by atoms with E-state index in [9.17, 15) is 4.79 Å². The average molecular weight is 260 g/mol. The molecule has 0 radical (unpaired) electrons. The Morgan fingerprint density at radius 3 is 3.00 bits per heavy atom. The maximum atomic E-state index is 11.2. The van der Waals surface area contributed by atoms with Crippen LogP contribution in [-0.2, 0) is 18.3 Å². The highest BCUT2D eigenvalue weighted by Gasteiger charge is 2.23. The molecule has 1 aliphatic heterocycles. The number of halogens is 1. The fourth-order valence-corrected chi connectivity index (χ4v) is 1.86. The third-order valence-corrected chi connectivity index (χ3v) is 2.70. The Bertz CT molecular complexity index is 363. The van der Waals surface area contributed by atoms with E-state index in [1.165, 1.54) is 0 Å². The zero-order valence-electron chi connectivity index (χ0n) is 7.73. The van der Waals surface area contributed by atoms with E-state index < -0.39 is 0 Å². The topological polar surface area (TPSA) is 47.4 Å². The van der Waals surface area contributed by atoms with Gasteiger partial charge in [0.1, 0.15) is 6.61 Å². The van der Waals surface area contributed by atoms with Crippen LogP contribution in [-0.4, -0.2) is 33.9 Å². The molecule has 2 heterocycles. The average Bonchev–Trinajstić information content (AvgIpc) is 2.62. The number of carbonyl (C=O) groups is 1. The molecule has 1 saturated heterocycles. The minimum Gasteiger partial charge on any atom is -0.448 e. The maximum Gasteiger partial charge on any atom is 0.410 e. The zero-order valence-corrected chi connectivity index (χ0v) is 9.32. The van der Waals surface area contributed by atoms with Crippen molar-refractivity contribution in [3.05, 3.63) is 16.4 Å². The van der Waals surface area contributed by atoms with Crippen LogP contribution in [0.5, 0.6) is 0 Å². The summed E-state index contributed by atoms with van der Waals surface area (Å²) in [6, 6.07) is 0. The van der Waals surface area contributed by atoms with Gasteiger partial charge in [-0.3, -0.25) is 9.58 Å². The molecule has 1 amide bonds. The summed E-state index contributed by atoms with van der Waals surface area (Å²) in [6.45, 7) is 1.62. The molecule has 0 N–H and O–H groups in total. The number of amides is 1. The van der Waals surface area contributed by atoms with E-state index in [-0.39, 0.29) is 6.09 Å². The summed E-state index contributed by atoms with van der Waals surface area (Å²) < 4.78 is 7.45. The summed E-state index contributed by atoms with van der Waals surface area (Å²) in [7, 11) is 1.84. The minimum absolute atomic E-state index is 0.262. The lowest BCUT2D eigenvalue weighted by atomic mass is 10.4. The standard InChI is InChI=1S/C8H10BrN3O2/c1-11-4-6(9)7(10-11)5-12-2-3-14-8(12)13/h4H,2-3,5H2,1H3. The van der Waals surface area contributed by atoms with Crippen molar-refractivity contribution in [2.75, 3.05) is 13.2 Å². The first-order valence-electron chi connectivity index (χ1n) is 4.26. The van der Waals surface area contributed by atoms with Crippen molar-refractivity contribution in [1.82, 2.24) is 14.7 Å². The second kappa shape index (κ2) is 3.61. The van der Waals surface area contributed by atoms with E-state index in [0.717, 1.165) is 10.2 Å². The number of cyclic esters (lactones) is 1. The molecule has 0 aliphatic carbocycles. The molecule has 1 aliphatic rings. The van der Waals surface area contributed by atoms with Gasteiger partial charge in [-0.2, -0.15) is 5.10 Å². The van der Waals surface area contributed by atoms with Gasteiger partial charge in [0.05, 0.1) is 23.3 Å². The molecule has 0 spiro atoms. The Hall–Kier alpha value is -1.04. The number of nitrogens with zero attached hydrogens (tertiary/aromatic N) is 3. The summed E-state index contributed by atoms with van der Waals surface area (Å²) >= 11 is 3.38. The fourth-order valence-electron chi connectivity index (χ4n) is 1.36. The van der Waals surface area contributed by atoms with Gasteiger partial charge in [-0.05, 0) is 15.9 Å². The van der Waals surface area contributed by atoms with Crippen molar-refractivity contribution >= 4 is 22.0 Å². The molecule has 0 saturated carbocycles. The molecule has 2 rings (SSSR count). The van der Waals surface area contributed by atoms with E-state index >= 15 is 0 Å². The molecule has 14 heavy (non-hydrogen) atoms. The minimum atomic E-state index is -0.262. The van der Waals surface area contributed by atoms with Crippen LogP contribution in [0.15, 0.2) is 10.7 Å². The number of hydrogen-bond donors (Lipinski definition) is 0. The molecular weight excluding hydrogens is 250 g/mol. The molecule has 0 aromatic carbocycles. The molecule has 1 aromatic rings. The molecule has 0 atom stereocenters. The van der Waals surface area contributed by atoms with E-state index in [0.29, 0.717) is 19.7 Å². The molecule has 1 fully saturated rings. The van der Waals surface area contributed by atoms with Crippen LogP contribution in [0.25, 0.3) is 0 Å². The van der Waals surface area contributed by atoms with Crippen molar-refractivity contribution in [3.63, 3.8) is 0 Å². The monoisotopic (exact) mass is 259 g/mol. The molecule has 0 unspecified atom stereocenters. The number of rotatable bonds is 2. The van der Waals surface area contributed by atoms with Crippen LogP contribution in [0.4, 0.5) is 4.79 Å². The zero-order chi connectivity index (χ0) is 10.1. The van der Waals surface area contributed by atoms with Gasteiger partial charge in [-0.1, -0.05) is 0 Å². The fraction of sp³-hybridized carbons (Fsp3) is 0.500. The van der Waals surface area contributed by atoms with E-state index in [1.54, 1.807) is 9.58 Å². The Labute approximate surface area is 89.8 Å². The summed E-state index contributed by atoms with van der Waals surface area (Å²) in [5.41, 5.74) is 0.853. The SMILES string of the molecule is Cn1cc(Br)c(CN2CCOC2=O)n1. The van der Waals surface area contributed by atoms with Crippen LogP contribution in [0.2, 0.25) is 0 Å². The van der Waals surface area contributed by atoms with Gasteiger partial charge >= 0.3 is 6.09 Å². The van der Waals surface area contributed by atoms with E-state index in [2.05, 4.69) is 21.0 Å². The quantitative estimate of drug-likeness (QED) is 0.800. The summed E-state index contributed by atoms with van der Waals surface area (Å²) in [5.74, 6) is 0. The number of hydrogen-bond acceptors (Lipinski definition) is 3. The molecule has 76 valence electrons. The maximum absolute atomic E-state index is 11.2. The van der Waals surface area contributed by atoms with Crippen molar-refractivity contribution in [3.8, 4) is 0 Å². The third kappa shape index (κ3) is 1.75. The summed E-state index contributed by atoms with van der Waals surface area (Å²) in [6.07, 6.45) is 1.60. The number of aromatic nitrogens is 2. The van der Waals surface area contributed by atoms with Gasteiger partial charge in [-0.25, -0.2) is 4.79 Å². The number of carbonyl (C=O) groups excluding carboxylic acids is 1. The molecule has 0 bridgehead atoms. The Morgan fingerprint density at radius 2 is 2.50 bits per heavy atom.